The number of pyridine rings is 1. The zero-order valence-electron chi connectivity index (χ0n) is 28.0. The maximum atomic E-state index is 14.7. The van der Waals surface area contributed by atoms with E-state index in [-0.39, 0.29) is 30.9 Å². The van der Waals surface area contributed by atoms with E-state index in [0.717, 1.165) is 35.5 Å². The lowest BCUT2D eigenvalue weighted by molar-refractivity contribution is 0.0606. The highest BCUT2D eigenvalue weighted by atomic mass is 19.1. The maximum Gasteiger partial charge on any atom is 0.264 e. The van der Waals surface area contributed by atoms with Gasteiger partial charge >= 0.3 is 0 Å². The molecule has 5 aromatic rings. The van der Waals surface area contributed by atoms with Crippen LogP contribution in [0.15, 0.2) is 79.0 Å². The van der Waals surface area contributed by atoms with Crippen molar-refractivity contribution >= 4 is 29.0 Å². The lowest BCUT2D eigenvalue weighted by Crippen LogP contribution is -2.45. The van der Waals surface area contributed by atoms with Crippen molar-refractivity contribution in [3.63, 3.8) is 0 Å². The number of ether oxygens (including phenoxy) is 2. The number of fused-ring (bicyclic) bond motifs is 3. The Labute approximate surface area is 288 Å². The van der Waals surface area contributed by atoms with Crippen LogP contribution in [0.1, 0.15) is 43.1 Å². The van der Waals surface area contributed by atoms with Gasteiger partial charge < -0.3 is 28.9 Å². The van der Waals surface area contributed by atoms with E-state index in [0.29, 0.717) is 57.4 Å². The molecule has 50 heavy (non-hydrogen) atoms. The number of aromatic nitrogens is 2. The number of carbonyl (C=O) groups excluding carboxylic acids is 2. The third-order valence-corrected chi connectivity index (χ3v) is 10.2. The van der Waals surface area contributed by atoms with Gasteiger partial charge in [0.2, 0.25) is 6.79 Å². The van der Waals surface area contributed by atoms with Crippen LogP contribution in [-0.2, 0) is 26.4 Å². The lowest BCUT2D eigenvalue weighted by atomic mass is 9.93. The van der Waals surface area contributed by atoms with E-state index in [1.807, 2.05) is 55.9 Å². The highest BCUT2D eigenvalue weighted by Gasteiger charge is 2.34. The van der Waals surface area contributed by atoms with Crippen molar-refractivity contribution < 1.29 is 28.6 Å². The Kier molecular flexibility index (Phi) is 7.70. The molecule has 3 aliphatic rings. The van der Waals surface area contributed by atoms with E-state index in [2.05, 4.69) is 4.90 Å². The standard InChI is InChI=1S/C39H36FN5O5/c1-23-31(39(48)45(27-8-10-30(46)11-9-27)29-15-25-12-13-42(2)37(25)41-20-29)16-34(43(23)3)32-17-35-36(50-22-49-35)18-33(32)38(47)44-21-26-7-5-4-6-24(26)14-28(44)19-40/h4-11,15-18,20,28,46H,12-14,19,21-22H2,1-3H3/t28-/m0/s1. The molecule has 5 heterocycles. The number of phenols is 1. The van der Waals surface area contributed by atoms with Crippen molar-refractivity contribution in [2.24, 2.45) is 7.05 Å². The Balaban J connectivity index is 1.22. The van der Waals surface area contributed by atoms with Gasteiger partial charge in [-0.15, -0.1) is 0 Å². The molecule has 11 heteroatoms. The Morgan fingerprint density at radius 1 is 0.940 bits per heavy atom. The van der Waals surface area contributed by atoms with E-state index < -0.39 is 12.7 Å². The lowest BCUT2D eigenvalue weighted by Gasteiger charge is -2.36. The maximum absolute atomic E-state index is 14.7. The predicted molar refractivity (Wildman–Crippen MR) is 187 cm³/mol. The number of carbonyl (C=O) groups is 2. The van der Waals surface area contributed by atoms with Crippen LogP contribution in [0, 0.1) is 6.92 Å². The molecule has 0 saturated carbocycles. The molecule has 2 amide bonds. The van der Waals surface area contributed by atoms with Crippen molar-refractivity contribution in [3.8, 4) is 28.5 Å². The first kappa shape index (κ1) is 31.4. The normalized spacial score (nSPS) is 16.0. The van der Waals surface area contributed by atoms with Gasteiger partial charge in [-0.25, -0.2) is 9.37 Å². The first-order chi connectivity index (χ1) is 24.2. The molecule has 10 nitrogen and oxygen atoms in total. The minimum absolute atomic E-state index is 0.0126. The molecule has 3 aromatic carbocycles. The Bertz CT molecular complexity index is 2160. The second-order valence-corrected chi connectivity index (χ2v) is 13.1. The van der Waals surface area contributed by atoms with Crippen LogP contribution in [0.2, 0.25) is 0 Å². The van der Waals surface area contributed by atoms with Crippen LogP contribution in [0.4, 0.5) is 21.6 Å². The summed E-state index contributed by atoms with van der Waals surface area (Å²) in [6.45, 7) is 2.31. The number of alkyl halides is 1. The Morgan fingerprint density at radius 3 is 2.44 bits per heavy atom. The van der Waals surface area contributed by atoms with E-state index in [1.54, 1.807) is 58.5 Å². The SMILES string of the molecule is Cc1c(C(=O)N(c2ccc(O)cc2)c2cnc3c(c2)CCN3C)cc(-c2cc3c(cc2C(=O)N2Cc4ccccc4C[C@H]2CF)OCO3)n1C. The molecule has 0 aliphatic carbocycles. The van der Waals surface area contributed by atoms with Crippen LogP contribution in [0.25, 0.3) is 11.3 Å². The van der Waals surface area contributed by atoms with Crippen molar-refractivity contribution in [3.05, 3.63) is 113 Å². The van der Waals surface area contributed by atoms with Crippen molar-refractivity contribution in [1.82, 2.24) is 14.5 Å². The largest absolute Gasteiger partial charge is 0.508 e. The van der Waals surface area contributed by atoms with Crippen molar-refractivity contribution in [2.75, 3.05) is 36.9 Å². The number of benzene rings is 3. The third-order valence-electron chi connectivity index (χ3n) is 10.2. The molecule has 254 valence electrons. The molecule has 1 N–H and O–H groups in total. The van der Waals surface area contributed by atoms with Crippen LogP contribution < -0.4 is 19.3 Å². The predicted octanol–water partition coefficient (Wildman–Crippen LogP) is 6.34. The summed E-state index contributed by atoms with van der Waals surface area (Å²) in [7, 11) is 3.84. The van der Waals surface area contributed by atoms with Crippen molar-refractivity contribution in [2.45, 2.75) is 32.4 Å². The average Bonchev–Trinajstić information content (AvgIpc) is 3.84. The van der Waals surface area contributed by atoms with Gasteiger partial charge in [0.05, 0.1) is 29.1 Å². The van der Waals surface area contributed by atoms with Gasteiger partial charge in [-0.1, -0.05) is 24.3 Å². The summed E-state index contributed by atoms with van der Waals surface area (Å²) in [4.78, 5) is 39.2. The molecule has 0 spiro atoms. The Hall–Kier alpha value is -5.84. The molecule has 0 radical (unpaired) electrons. The van der Waals surface area contributed by atoms with Crippen LogP contribution in [0.3, 0.4) is 0 Å². The number of hydrogen-bond donors (Lipinski definition) is 1. The minimum Gasteiger partial charge on any atom is -0.508 e. The summed E-state index contributed by atoms with van der Waals surface area (Å²) in [5, 5.41) is 10.0. The number of anilines is 3. The molecule has 3 aliphatic heterocycles. The summed E-state index contributed by atoms with van der Waals surface area (Å²) in [6, 6.07) is 20.9. The quantitative estimate of drug-likeness (QED) is 0.225. The second kappa shape index (κ2) is 12.2. The first-order valence-corrected chi connectivity index (χ1v) is 16.6. The molecular formula is C39H36FN5O5. The summed E-state index contributed by atoms with van der Waals surface area (Å²) in [5.41, 5.74) is 6.79. The average molecular weight is 674 g/mol. The minimum atomic E-state index is -0.678. The zero-order chi connectivity index (χ0) is 34.7. The van der Waals surface area contributed by atoms with Crippen LogP contribution in [-0.4, -0.2) is 64.5 Å². The van der Waals surface area contributed by atoms with E-state index in [9.17, 15) is 19.1 Å². The van der Waals surface area contributed by atoms with E-state index in [4.69, 9.17) is 14.5 Å². The summed E-state index contributed by atoms with van der Waals surface area (Å²) >= 11 is 0. The molecule has 0 saturated heterocycles. The van der Waals surface area contributed by atoms with Gasteiger partial charge in [-0.2, -0.15) is 0 Å². The van der Waals surface area contributed by atoms with Gasteiger partial charge in [0.15, 0.2) is 11.5 Å². The number of phenolic OH excluding ortho intramolecular Hbond substituents is 1. The van der Waals surface area contributed by atoms with E-state index >= 15 is 0 Å². The highest BCUT2D eigenvalue weighted by Crippen LogP contribution is 2.42. The molecule has 8 rings (SSSR count). The number of nitrogens with zero attached hydrogens (tertiary/aromatic N) is 5. The smallest absolute Gasteiger partial charge is 0.264 e. The van der Waals surface area contributed by atoms with E-state index in [1.165, 1.54) is 0 Å². The fourth-order valence-electron chi connectivity index (χ4n) is 7.26. The highest BCUT2D eigenvalue weighted by molar-refractivity contribution is 6.12. The third kappa shape index (κ3) is 5.20. The van der Waals surface area contributed by atoms with Gasteiger partial charge in [0.1, 0.15) is 18.2 Å². The molecule has 0 bridgehead atoms. The Morgan fingerprint density at radius 2 is 1.68 bits per heavy atom. The molecule has 0 unspecified atom stereocenters. The first-order valence-electron chi connectivity index (χ1n) is 16.6. The van der Waals surface area contributed by atoms with Gasteiger partial charge in [-0.05, 0) is 85.0 Å². The number of hydrogen-bond acceptors (Lipinski definition) is 7. The fraction of sp³-hybridized carbons (Fsp3) is 0.256. The molecular weight excluding hydrogens is 637 g/mol. The zero-order valence-corrected chi connectivity index (χ0v) is 28.0. The number of rotatable bonds is 6. The topological polar surface area (TPSA) is 100 Å². The van der Waals surface area contributed by atoms with Gasteiger partial charge in [0.25, 0.3) is 11.8 Å². The summed E-state index contributed by atoms with van der Waals surface area (Å²) in [6.07, 6.45) is 2.92. The molecule has 1 atom stereocenters. The van der Waals surface area contributed by atoms with Gasteiger partial charge in [-0.3, -0.25) is 14.5 Å². The van der Waals surface area contributed by atoms with Gasteiger partial charge in [0, 0.05) is 49.8 Å². The number of aromatic hydroxyl groups is 1. The monoisotopic (exact) mass is 673 g/mol. The van der Waals surface area contributed by atoms with Crippen LogP contribution >= 0.6 is 0 Å². The van der Waals surface area contributed by atoms with Crippen molar-refractivity contribution in [1.29, 1.82) is 0 Å². The summed E-state index contributed by atoms with van der Waals surface area (Å²) < 4.78 is 27.8. The number of amides is 2. The summed E-state index contributed by atoms with van der Waals surface area (Å²) in [5.74, 6) is 1.25. The molecule has 0 fully saturated rings. The number of halogens is 1. The second-order valence-electron chi connectivity index (χ2n) is 13.1. The fourth-order valence-corrected chi connectivity index (χ4v) is 7.26. The molecule has 2 aromatic heterocycles. The number of likely N-dealkylation sites (N-methyl/N-ethyl adjacent to an activating group) is 1. The van der Waals surface area contributed by atoms with Crippen LogP contribution in [0.5, 0.6) is 17.2 Å².